The summed E-state index contributed by atoms with van der Waals surface area (Å²) in [6.07, 6.45) is 16.6. The summed E-state index contributed by atoms with van der Waals surface area (Å²) in [7, 11) is 0. The third-order valence-electron chi connectivity index (χ3n) is 6.09. The number of carbonyl (C=O) groups is 2. The number of Topliss-reactive ketones (excluding diaryl/α,β-unsaturated/α-hetero) is 1. The fraction of sp³-hybridized carbons (Fsp3) is 0.760. The van der Waals surface area contributed by atoms with Crippen LogP contribution in [0.1, 0.15) is 92.9 Å². The molecule has 0 amide bonds. The predicted molar refractivity (Wildman–Crippen MR) is 117 cm³/mol. The molecule has 0 aromatic carbocycles. The summed E-state index contributed by atoms with van der Waals surface area (Å²) >= 11 is 0. The summed E-state index contributed by atoms with van der Waals surface area (Å²) in [6.45, 7) is 12.3. The highest BCUT2D eigenvalue weighted by Crippen LogP contribution is 2.39. The first-order valence-corrected chi connectivity index (χ1v) is 11.3. The van der Waals surface area contributed by atoms with Crippen LogP contribution in [0.3, 0.4) is 0 Å². The number of esters is 1. The average molecular weight is 391 g/mol. The summed E-state index contributed by atoms with van der Waals surface area (Å²) in [4.78, 5) is 24.2. The number of ether oxygens (including phenoxy) is 1. The first kappa shape index (κ1) is 24.7. The zero-order valence-electron chi connectivity index (χ0n) is 19.0. The minimum atomic E-state index is -0.250. The van der Waals surface area contributed by atoms with Gasteiger partial charge in [0.2, 0.25) is 0 Å². The van der Waals surface area contributed by atoms with E-state index < -0.39 is 0 Å². The summed E-state index contributed by atoms with van der Waals surface area (Å²) in [5.74, 6) is 0.750. The minimum absolute atomic E-state index is 0.0564. The van der Waals surface area contributed by atoms with E-state index in [1.54, 1.807) is 0 Å². The first-order valence-electron chi connectivity index (χ1n) is 11.3. The SMILES string of the molecule is CCCCC=CC[C@H]1C(=O)C[C@@H](C)[C@@H]1C=C[C@@H](OC(C)=O)C(C)(C)CCCC. The molecule has 1 fully saturated rings. The molecule has 1 saturated carbocycles. The standard InChI is InChI=1S/C25H42O3/c1-7-9-11-12-13-14-22-21(19(3)18-23(22)27)15-16-24(28-20(4)26)25(5,6)17-10-8-2/h12-13,15-16,19,21-22,24H,7-11,14,17-18H2,1-6H3/t19-,21+,22-,24-/m1/s1. The van der Waals surface area contributed by atoms with Crippen LogP contribution in [-0.4, -0.2) is 17.9 Å². The fourth-order valence-electron chi connectivity index (χ4n) is 4.15. The molecule has 160 valence electrons. The second kappa shape index (κ2) is 12.2. The van der Waals surface area contributed by atoms with Crippen molar-refractivity contribution in [2.24, 2.45) is 23.2 Å². The third kappa shape index (κ3) is 7.93. The highest BCUT2D eigenvalue weighted by molar-refractivity contribution is 5.84. The largest absolute Gasteiger partial charge is 0.458 e. The lowest BCUT2D eigenvalue weighted by molar-refractivity contribution is -0.149. The molecule has 1 aliphatic rings. The van der Waals surface area contributed by atoms with Gasteiger partial charge in [-0.1, -0.05) is 78.5 Å². The predicted octanol–water partition coefficient (Wildman–Crippen LogP) is 6.67. The monoisotopic (exact) mass is 390 g/mol. The quantitative estimate of drug-likeness (QED) is 0.212. The molecule has 0 aromatic rings. The average Bonchev–Trinajstić information content (AvgIpc) is 2.89. The molecule has 0 bridgehead atoms. The smallest absolute Gasteiger partial charge is 0.303 e. The lowest BCUT2D eigenvalue weighted by atomic mass is 9.79. The van der Waals surface area contributed by atoms with Gasteiger partial charge in [0.1, 0.15) is 11.9 Å². The van der Waals surface area contributed by atoms with Gasteiger partial charge in [0.05, 0.1) is 0 Å². The summed E-state index contributed by atoms with van der Waals surface area (Å²) in [5, 5.41) is 0. The number of unbranched alkanes of at least 4 members (excludes halogenated alkanes) is 3. The van der Waals surface area contributed by atoms with Gasteiger partial charge in [0.25, 0.3) is 0 Å². The number of carbonyl (C=O) groups excluding carboxylic acids is 2. The Bertz CT molecular complexity index is 544. The topological polar surface area (TPSA) is 43.4 Å². The molecule has 0 spiro atoms. The van der Waals surface area contributed by atoms with Gasteiger partial charge < -0.3 is 4.74 Å². The second-order valence-electron chi connectivity index (χ2n) is 9.19. The van der Waals surface area contributed by atoms with Crippen molar-refractivity contribution in [3.8, 4) is 0 Å². The van der Waals surface area contributed by atoms with Gasteiger partial charge in [-0.05, 0) is 37.2 Å². The number of rotatable bonds is 12. The molecule has 0 radical (unpaired) electrons. The van der Waals surface area contributed by atoms with Crippen molar-refractivity contribution in [3.63, 3.8) is 0 Å². The zero-order valence-corrected chi connectivity index (χ0v) is 19.0. The molecule has 1 aliphatic carbocycles. The first-order chi connectivity index (χ1) is 13.2. The molecule has 0 aliphatic heterocycles. The van der Waals surface area contributed by atoms with E-state index >= 15 is 0 Å². The number of hydrogen-bond acceptors (Lipinski definition) is 3. The van der Waals surface area contributed by atoms with Crippen LogP contribution < -0.4 is 0 Å². The van der Waals surface area contributed by atoms with E-state index in [1.165, 1.54) is 19.8 Å². The summed E-state index contributed by atoms with van der Waals surface area (Å²) in [5.41, 5.74) is -0.112. The van der Waals surface area contributed by atoms with Crippen LogP contribution in [0, 0.1) is 23.2 Å². The van der Waals surface area contributed by atoms with Crippen molar-refractivity contribution in [2.45, 2.75) is 99.0 Å². The molecule has 0 N–H and O–H groups in total. The van der Waals surface area contributed by atoms with Gasteiger partial charge in [-0.3, -0.25) is 9.59 Å². The summed E-state index contributed by atoms with van der Waals surface area (Å²) in [6, 6.07) is 0. The molecule has 3 heteroatoms. The van der Waals surface area contributed by atoms with Crippen LogP contribution in [0.5, 0.6) is 0 Å². The Morgan fingerprint density at radius 3 is 2.50 bits per heavy atom. The highest BCUT2D eigenvalue weighted by Gasteiger charge is 2.38. The second-order valence-corrected chi connectivity index (χ2v) is 9.19. The van der Waals surface area contributed by atoms with E-state index in [-0.39, 0.29) is 29.3 Å². The molecule has 0 heterocycles. The Morgan fingerprint density at radius 1 is 1.21 bits per heavy atom. The van der Waals surface area contributed by atoms with Gasteiger partial charge >= 0.3 is 5.97 Å². The maximum absolute atomic E-state index is 12.5. The molecular formula is C25H42O3. The zero-order chi connectivity index (χ0) is 21.2. The van der Waals surface area contributed by atoms with Gasteiger partial charge in [0, 0.05) is 24.7 Å². The Balaban J connectivity index is 2.89. The van der Waals surface area contributed by atoms with Crippen LogP contribution in [0.2, 0.25) is 0 Å². The van der Waals surface area contributed by atoms with E-state index in [4.69, 9.17) is 4.74 Å². The molecule has 1 rings (SSSR count). The Kier molecular flexibility index (Phi) is 10.8. The minimum Gasteiger partial charge on any atom is -0.458 e. The molecular weight excluding hydrogens is 348 g/mol. The van der Waals surface area contributed by atoms with Crippen LogP contribution >= 0.6 is 0 Å². The van der Waals surface area contributed by atoms with Crippen molar-refractivity contribution >= 4 is 11.8 Å². The summed E-state index contributed by atoms with van der Waals surface area (Å²) < 4.78 is 5.67. The molecule has 28 heavy (non-hydrogen) atoms. The maximum atomic E-state index is 12.5. The Morgan fingerprint density at radius 2 is 1.89 bits per heavy atom. The van der Waals surface area contributed by atoms with Crippen LogP contribution in [0.15, 0.2) is 24.3 Å². The Hall–Kier alpha value is -1.38. The van der Waals surface area contributed by atoms with Crippen molar-refractivity contribution in [1.29, 1.82) is 0 Å². The lowest BCUT2D eigenvalue weighted by Crippen LogP contribution is -2.32. The molecule has 0 aromatic heterocycles. The Labute approximate surface area is 173 Å². The number of allylic oxidation sites excluding steroid dienone is 3. The highest BCUT2D eigenvalue weighted by atomic mass is 16.5. The van der Waals surface area contributed by atoms with E-state index in [0.29, 0.717) is 18.1 Å². The lowest BCUT2D eigenvalue weighted by Gasteiger charge is -2.32. The van der Waals surface area contributed by atoms with Gasteiger partial charge in [-0.2, -0.15) is 0 Å². The third-order valence-corrected chi connectivity index (χ3v) is 6.09. The van der Waals surface area contributed by atoms with Crippen molar-refractivity contribution < 1.29 is 14.3 Å². The maximum Gasteiger partial charge on any atom is 0.303 e. The normalized spacial score (nSPS) is 24.4. The van der Waals surface area contributed by atoms with Crippen molar-refractivity contribution in [2.75, 3.05) is 0 Å². The van der Waals surface area contributed by atoms with Crippen LogP contribution in [-0.2, 0) is 14.3 Å². The number of hydrogen-bond donors (Lipinski definition) is 0. The number of ketones is 1. The van der Waals surface area contributed by atoms with Crippen LogP contribution in [0.25, 0.3) is 0 Å². The molecule has 4 atom stereocenters. The van der Waals surface area contributed by atoms with Crippen molar-refractivity contribution in [1.82, 2.24) is 0 Å². The van der Waals surface area contributed by atoms with Gasteiger partial charge in [-0.25, -0.2) is 0 Å². The van der Waals surface area contributed by atoms with Gasteiger partial charge in [-0.15, -0.1) is 0 Å². The van der Waals surface area contributed by atoms with E-state index in [2.05, 4.69) is 58.9 Å². The molecule has 0 unspecified atom stereocenters. The van der Waals surface area contributed by atoms with E-state index in [0.717, 1.165) is 32.1 Å². The van der Waals surface area contributed by atoms with Crippen LogP contribution in [0.4, 0.5) is 0 Å². The molecule has 3 nitrogen and oxygen atoms in total. The molecule has 0 saturated heterocycles. The van der Waals surface area contributed by atoms with E-state index in [1.807, 2.05) is 0 Å². The van der Waals surface area contributed by atoms with E-state index in [9.17, 15) is 9.59 Å². The van der Waals surface area contributed by atoms with Crippen molar-refractivity contribution in [3.05, 3.63) is 24.3 Å². The van der Waals surface area contributed by atoms with Gasteiger partial charge in [0.15, 0.2) is 0 Å². The fourth-order valence-corrected chi connectivity index (χ4v) is 4.15.